The minimum absolute atomic E-state index is 0.276. The minimum Gasteiger partial charge on any atom is -0.384 e. The van der Waals surface area contributed by atoms with Crippen molar-refractivity contribution in [3.05, 3.63) is 83.5 Å². The zero-order chi connectivity index (χ0) is 22.8. The van der Waals surface area contributed by atoms with E-state index in [2.05, 4.69) is 20.6 Å². The van der Waals surface area contributed by atoms with Gasteiger partial charge in [0, 0.05) is 23.6 Å². The SMILES string of the molecule is Cc1ccnc(Nc2nc(-c3cccc(NC(=O)c4ccc(N)nc4)c3)nc3ccsc23)c1. The standard InChI is InChI=1S/C24H19N7OS/c1-14-7-9-26-20(11-14)30-23-21-18(8-10-33-21)29-22(31-23)15-3-2-4-17(12-15)28-24(32)16-5-6-19(25)27-13-16/h2-13H,1H3,(H2,25,27)(H,28,32)(H,26,29,30,31). The van der Waals surface area contributed by atoms with E-state index in [1.165, 1.54) is 6.20 Å². The van der Waals surface area contributed by atoms with Crippen molar-refractivity contribution in [3.63, 3.8) is 0 Å². The van der Waals surface area contributed by atoms with Crippen LogP contribution in [-0.4, -0.2) is 25.8 Å². The Labute approximate surface area is 193 Å². The van der Waals surface area contributed by atoms with Crippen molar-refractivity contribution in [2.24, 2.45) is 0 Å². The number of fused-ring (bicyclic) bond motifs is 1. The summed E-state index contributed by atoms with van der Waals surface area (Å²) in [4.78, 5) is 30.4. The molecule has 0 aliphatic heterocycles. The number of nitrogen functional groups attached to an aromatic ring is 1. The van der Waals surface area contributed by atoms with Crippen LogP contribution in [0.15, 0.2) is 72.4 Å². The zero-order valence-electron chi connectivity index (χ0n) is 17.6. The first-order chi connectivity index (χ1) is 16.0. The maximum absolute atomic E-state index is 12.6. The third-order valence-corrected chi connectivity index (χ3v) is 5.80. The largest absolute Gasteiger partial charge is 0.384 e. The van der Waals surface area contributed by atoms with Crippen molar-refractivity contribution in [2.75, 3.05) is 16.4 Å². The number of nitrogens with zero attached hydrogens (tertiary/aromatic N) is 4. The van der Waals surface area contributed by atoms with E-state index < -0.39 is 0 Å². The van der Waals surface area contributed by atoms with E-state index in [1.807, 2.05) is 54.8 Å². The highest BCUT2D eigenvalue weighted by atomic mass is 32.1. The molecule has 33 heavy (non-hydrogen) atoms. The summed E-state index contributed by atoms with van der Waals surface area (Å²) in [5.41, 5.74) is 9.35. The van der Waals surface area contributed by atoms with Crippen LogP contribution in [0, 0.1) is 6.92 Å². The Morgan fingerprint density at radius 3 is 2.76 bits per heavy atom. The Morgan fingerprint density at radius 1 is 1.03 bits per heavy atom. The second-order valence-electron chi connectivity index (χ2n) is 7.38. The Hall–Kier alpha value is -4.37. The summed E-state index contributed by atoms with van der Waals surface area (Å²) < 4.78 is 0.947. The minimum atomic E-state index is -0.276. The molecule has 1 aromatic carbocycles. The average molecular weight is 454 g/mol. The summed E-state index contributed by atoms with van der Waals surface area (Å²) in [6.07, 6.45) is 3.20. The molecule has 162 valence electrons. The number of benzene rings is 1. The van der Waals surface area contributed by atoms with E-state index in [0.717, 1.165) is 21.3 Å². The topological polar surface area (TPSA) is 119 Å². The van der Waals surface area contributed by atoms with Crippen LogP contribution < -0.4 is 16.4 Å². The van der Waals surface area contributed by atoms with Gasteiger partial charge in [0.25, 0.3) is 5.91 Å². The summed E-state index contributed by atoms with van der Waals surface area (Å²) in [7, 11) is 0. The molecule has 0 bridgehead atoms. The van der Waals surface area contributed by atoms with Gasteiger partial charge in [-0.3, -0.25) is 4.79 Å². The molecule has 4 heterocycles. The molecule has 0 saturated heterocycles. The average Bonchev–Trinajstić information content (AvgIpc) is 3.29. The van der Waals surface area contributed by atoms with E-state index >= 15 is 0 Å². The number of hydrogen-bond donors (Lipinski definition) is 3. The maximum atomic E-state index is 12.6. The number of hydrogen-bond acceptors (Lipinski definition) is 8. The number of rotatable bonds is 5. The van der Waals surface area contributed by atoms with Crippen molar-refractivity contribution >= 4 is 50.6 Å². The van der Waals surface area contributed by atoms with Crippen LogP contribution >= 0.6 is 11.3 Å². The van der Waals surface area contributed by atoms with Gasteiger partial charge < -0.3 is 16.4 Å². The number of anilines is 4. The molecule has 9 heteroatoms. The summed E-state index contributed by atoms with van der Waals surface area (Å²) in [6.45, 7) is 2.01. The predicted molar refractivity (Wildman–Crippen MR) is 132 cm³/mol. The second kappa shape index (κ2) is 8.64. The van der Waals surface area contributed by atoms with Gasteiger partial charge in [0.05, 0.1) is 15.8 Å². The number of pyridine rings is 2. The molecule has 1 amide bonds. The molecule has 0 radical (unpaired) electrons. The number of nitrogens with two attached hydrogens (primary N) is 1. The highest BCUT2D eigenvalue weighted by Gasteiger charge is 2.13. The molecule has 4 N–H and O–H groups in total. The number of amides is 1. The summed E-state index contributed by atoms with van der Waals surface area (Å²) in [5.74, 6) is 2.03. The molecule has 0 saturated carbocycles. The molecule has 0 aliphatic rings. The van der Waals surface area contributed by atoms with E-state index in [1.54, 1.807) is 29.7 Å². The molecule has 4 aromatic heterocycles. The fraction of sp³-hybridized carbons (Fsp3) is 0.0417. The Bertz CT molecular complexity index is 1460. The molecule has 5 aromatic rings. The van der Waals surface area contributed by atoms with Crippen LogP contribution in [0.4, 0.5) is 23.1 Å². The Morgan fingerprint density at radius 2 is 1.94 bits per heavy atom. The highest BCUT2D eigenvalue weighted by Crippen LogP contribution is 2.31. The van der Waals surface area contributed by atoms with E-state index in [4.69, 9.17) is 15.7 Å². The summed E-state index contributed by atoms with van der Waals surface area (Å²) >= 11 is 1.56. The van der Waals surface area contributed by atoms with Gasteiger partial charge in [-0.15, -0.1) is 11.3 Å². The van der Waals surface area contributed by atoms with Gasteiger partial charge in [-0.05, 0) is 60.3 Å². The highest BCUT2D eigenvalue weighted by molar-refractivity contribution is 7.17. The lowest BCUT2D eigenvalue weighted by Gasteiger charge is -2.10. The molecule has 0 fully saturated rings. The molecule has 0 atom stereocenters. The third-order valence-electron chi connectivity index (χ3n) is 4.89. The normalized spacial score (nSPS) is 10.8. The van der Waals surface area contributed by atoms with Crippen molar-refractivity contribution in [3.8, 4) is 11.4 Å². The Kier molecular flexibility index (Phi) is 5.37. The molecular weight excluding hydrogens is 434 g/mol. The number of thiophene rings is 1. The predicted octanol–water partition coefficient (Wildman–Crippen LogP) is 5.03. The fourth-order valence-corrected chi connectivity index (χ4v) is 4.06. The number of carbonyl (C=O) groups excluding carboxylic acids is 1. The van der Waals surface area contributed by atoms with E-state index in [9.17, 15) is 4.79 Å². The van der Waals surface area contributed by atoms with Crippen LogP contribution in [0.1, 0.15) is 15.9 Å². The lowest BCUT2D eigenvalue weighted by atomic mass is 10.1. The van der Waals surface area contributed by atoms with Crippen molar-refractivity contribution < 1.29 is 4.79 Å². The van der Waals surface area contributed by atoms with Crippen LogP contribution in [0.25, 0.3) is 21.6 Å². The van der Waals surface area contributed by atoms with Crippen molar-refractivity contribution in [2.45, 2.75) is 6.92 Å². The second-order valence-corrected chi connectivity index (χ2v) is 8.30. The zero-order valence-corrected chi connectivity index (χ0v) is 18.4. The first kappa shape index (κ1) is 20.5. The monoisotopic (exact) mass is 453 g/mol. The lowest BCUT2D eigenvalue weighted by molar-refractivity contribution is 0.102. The summed E-state index contributed by atoms with van der Waals surface area (Å²) in [5, 5.41) is 8.18. The van der Waals surface area contributed by atoms with Gasteiger partial charge in [-0.2, -0.15) is 0 Å². The number of nitrogens with one attached hydrogen (secondary N) is 2. The first-order valence-corrected chi connectivity index (χ1v) is 11.0. The van der Waals surface area contributed by atoms with Crippen LogP contribution in [0.5, 0.6) is 0 Å². The number of aryl methyl sites for hydroxylation is 1. The van der Waals surface area contributed by atoms with Gasteiger partial charge >= 0.3 is 0 Å². The van der Waals surface area contributed by atoms with Gasteiger partial charge in [-0.1, -0.05) is 12.1 Å². The molecule has 0 spiro atoms. The number of carbonyl (C=O) groups is 1. The van der Waals surface area contributed by atoms with Gasteiger partial charge in [-0.25, -0.2) is 19.9 Å². The molecule has 0 unspecified atom stereocenters. The molecular formula is C24H19N7OS. The number of aromatic nitrogens is 4. The van der Waals surface area contributed by atoms with Gasteiger partial charge in [0.2, 0.25) is 0 Å². The van der Waals surface area contributed by atoms with Crippen LogP contribution in [0.2, 0.25) is 0 Å². The third kappa shape index (κ3) is 4.48. The van der Waals surface area contributed by atoms with Gasteiger partial charge in [0.1, 0.15) is 11.6 Å². The molecule has 8 nitrogen and oxygen atoms in total. The first-order valence-electron chi connectivity index (χ1n) is 10.1. The van der Waals surface area contributed by atoms with Crippen molar-refractivity contribution in [1.82, 2.24) is 19.9 Å². The smallest absolute Gasteiger partial charge is 0.257 e. The van der Waals surface area contributed by atoms with E-state index in [0.29, 0.717) is 34.5 Å². The van der Waals surface area contributed by atoms with Gasteiger partial charge in [0.15, 0.2) is 11.6 Å². The van der Waals surface area contributed by atoms with Crippen LogP contribution in [-0.2, 0) is 0 Å². The Balaban J connectivity index is 1.46. The lowest BCUT2D eigenvalue weighted by Crippen LogP contribution is -2.12. The fourth-order valence-electron chi connectivity index (χ4n) is 3.28. The van der Waals surface area contributed by atoms with Crippen molar-refractivity contribution in [1.29, 1.82) is 0 Å². The molecule has 5 rings (SSSR count). The van der Waals surface area contributed by atoms with E-state index in [-0.39, 0.29) is 5.91 Å². The summed E-state index contributed by atoms with van der Waals surface area (Å²) in [6, 6.07) is 16.5. The van der Waals surface area contributed by atoms with Crippen LogP contribution in [0.3, 0.4) is 0 Å². The molecule has 0 aliphatic carbocycles. The quantitative estimate of drug-likeness (QED) is 0.341. The maximum Gasteiger partial charge on any atom is 0.257 e.